The van der Waals surface area contributed by atoms with Crippen molar-refractivity contribution in [3.05, 3.63) is 59.7 Å². The topological polar surface area (TPSA) is 46.6 Å². The molecule has 4 heteroatoms. The molecule has 26 heavy (non-hydrogen) atoms. The lowest BCUT2D eigenvalue weighted by atomic mass is 9.91. The van der Waals surface area contributed by atoms with E-state index < -0.39 is 6.04 Å². The molecule has 0 aromatic heterocycles. The summed E-state index contributed by atoms with van der Waals surface area (Å²) in [6.45, 7) is 2.05. The molecule has 2 aromatic carbocycles. The van der Waals surface area contributed by atoms with E-state index in [1.54, 1.807) is 11.8 Å². The summed E-state index contributed by atoms with van der Waals surface area (Å²) >= 11 is 0. The lowest BCUT2D eigenvalue weighted by Gasteiger charge is -2.38. The average molecular weight is 349 g/mol. The quantitative estimate of drug-likeness (QED) is 0.753. The van der Waals surface area contributed by atoms with E-state index in [4.69, 9.17) is 4.74 Å². The molecule has 4 nitrogen and oxygen atoms in total. The Morgan fingerprint density at radius 1 is 1.12 bits per heavy atom. The molecule has 134 valence electrons. The van der Waals surface area contributed by atoms with Crippen molar-refractivity contribution in [1.82, 2.24) is 4.90 Å². The number of carbonyl (C=O) groups is 2. The molecule has 0 aliphatic heterocycles. The third-order valence-electron chi connectivity index (χ3n) is 5.65. The molecule has 0 saturated heterocycles. The first-order valence-corrected chi connectivity index (χ1v) is 9.29. The van der Waals surface area contributed by atoms with Gasteiger partial charge in [-0.1, -0.05) is 48.5 Å². The van der Waals surface area contributed by atoms with E-state index >= 15 is 0 Å². The fourth-order valence-electron chi connectivity index (χ4n) is 4.05. The van der Waals surface area contributed by atoms with E-state index in [2.05, 4.69) is 24.3 Å². The third kappa shape index (κ3) is 2.79. The Bertz CT molecular complexity index is 782. The number of carbonyl (C=O) groups excluding carboxylic acids is 2. The molecule has 2 aliphatic carbocycles. The molecule has 1 amide bonds. The molecule has 0 radical (unpaired) electrons. The van der Waals surface area contributed by atoms with Crippen molar-refractivity contribution in [2.75, 3.05) is 6.61 Å². The Balaban J connectivity index is 1.54. The van der Waals surface area contributed by atoms with Crippen LogP contribution in [0.5, 0.6) is 0 Å². The summed E-state index contributed by atoms with van der Waals surface area (Å²) in [5.74, 6) is 0.0427. The minimum atomic E-state index is -0.448. The number of benzene rings is 2. The molecule has 1 saturated carbocycles. The smallest absolute Gasteiger partial charge is 0.410 e. The summed E-state index contributed by atoms with van der Waals surface area (Å²) in [7, 11) is 0. The van der Waals surface area contributed by atoms with Crippen LogP contribution in [0.15, 0.2) is 48.5 Å². The maximum absolute atomic E-state index is 12.7. The predicted molar refractivity (Wildman–Crippen MR) is 100 cm³/mol. The Labute approximate surface area is 153 Å². The van der Waals surface area contributed by atoms with Gasteiger partial charge in [0, 0.05) is 12.0 Å². The van der Waals surface area contributed by atoms with Gasteiger partial charge >= 0.3 is 6.09 Å². The van der Waals surface area contributed by atoms with Crippen molar-refractivity contribution in [2.45, 2.75) is 44.2 Å². The number of rotatable bonds is 5. The van der Waals surface area contributed by atoms with Crippen LogP contribution in [-0.4, -0.2) is 36.0 Å². The predicted octanol–water partition coefficient (Wildman–Crippen LogP) is 4.38. The van der Waals surface area contributed by atoms with E-state index in [9.17, 15) is 9.59 Å². The van der Waals surface area contributed by atoms with Gasteiger partial charge in [0.15, 0.2) is 0 Å². The minimum Gasteiger partial charge on any atom is -0.448 e. The number of hydrogen-bond acceptors (Lipinski definition) is 3. The van der Waals surface area contributed by atoms with Crippen LogP contribution in [0.25, 0.3) is 11.1 Å². The van der Waals surface area contributed by atoms with Crippen molar-refractivity contribution in [2.24, 2.45) is 0 Å². The molecular weight excluding hydrogens is 326 g/mol. The monoisotopic (exact) mass is 349 g/mol. The molecule has 0 heterocycles. The molecule has 1 fully saturated rings. The summed E-state index contributed by atoms with van der Waals surface area (Å²) in [5, 5.41) is 0. The molecule has 1 atom stereocenters. The zero-order chi connectivity index (χ0) is 18.1. The van der Waals surface area contributed by atoms with E-state index in [0.717, 1.165) is 25.5 Å². The Kier molecular flexibility index (Phi) is 4.49. The number of hydrogen-bond donors (Lipinski definition) is 0. The Morgan fingerprint density at radius 3 is 2.19 bits per heavy atom. The van der Waals surface area contributed by atoms with Crippen LogP contribution in [0, 0.1) is 0 Å². The van der Waals surface area contributed by atoms with Gasteiger partial charge in [-0.05, 0) is 48.4 Å². The van der Waals surface area contributed by atoms with Crippen molar-refractivity contribution in [1.29, 1.82) is 0 Å². The van der Waals surface area contributed by atoms with Gasteiger partial charge in [0.25, 0.3) is 0 Å². The summed E-state index contributed by atoms with van der Waals surface area (Å²) < 4.78 is 5.71. The third-order valence-corrected chi connectivity index (χ3v) is 5.65. The van der Waals surface area contributed by atoms with Gasteiger partial charge < -0.3 is 9.53 Å². The minimum absolute atomic E-state index is 0.0427. The number of fused-ring (bicyclic) bond motifs is 3. The second kappa shape index (κ2) is 6.94. The van der Waals surface area contributed by atoms with Crippen LogP contribution in [0.2, 0.25) is 0 Å². The van der Waals surface area contributed by atoms with Crippen LogP contribution in [0.4, 0.5) is 4.79 Å². The highest BCUT2D eigenvalue weighted by Crippen LogP contribution is 2.44. The van der Waals surface area contributed by atoms with Gasteiger partial charge in [0.2, 0.25) is 0 Å². The summed E-state index contributed by atoms with van der Waals surface area (Å²) in [6.07, 6.45) is 3.43. The van der Waals surface area contributed by atoms with Crippen LogP contribution in [0.3, 0.4) is 0 Å². The van der Waals surface area contributed by atoms with Crippen molar-refractivity contribution in [3.63, 3.8) is 0 Å². The molecule has 4 rings (SSSR count). The van der Waals surface area contributed by atoms with E-state index in [1.165, 1.54) is 22.3 Å². The zero-order valence-electron chi connectivity index (χ0n) is 14.9. The fourth-order valence-corrected chi connectivity index (χ4v) is 4.05. The number of aldehydes is 1. The molecule has 0 unspecified atom stereocenters. The summed E-state index contributed by atoms with van der Waals surface area (Å²) in [6, 6.07) is 16.2. The molecule has 2 aliphatic rings. The van der Waals surface area contributed by atoms with Crippen molar-refractivity contribution < 1.29 is 14.3 Å². The van der Waals surface area contributed by atoms with Crippen LogP contribution in [-0.2, 0) is 9.53 Å². The first-order valence-electron chi connectivity index (χ1n) is 9.29. The van der Waals surface area contributed by atoms with Crippen molar-refractivity contribution in [3.8, 4) is 11.1 Å². The Morgan fingerprint density at radius 2 is 1.69 bits per heavy atom. The molecule has 0 N–H and O–H groups in total. The Hall–Kier alpha value is -2.62. The molecule has 2 aromatic rings. The van der Waals surface area contributed by atoms with Crippen molar-refractivity contribution >= 4 is 12.4 Å². The highest BCUT2D eigenvalue weighted by Gasteiger charge is 2.35. The molecule has 0 bridgehead atoms. The van der Waals surface area contributed by atoms with Crippen LogP contribution < -0.4 is 0 Å². The number of nitrogens with zero attached hydrogens (tertiary/aromatic N) is 1. The maximum Gasteiger partial charge on any atom is 0.410 e. The summed E-state index contributed by atoms with van der Waals surface area (Å²) in [4.78, 5) is 25.6. The number of amides is 1. The average Bonchev–Trinajstić information content (AvgIpc) is 2.96. The second-order valence-electron chi connectivity index (χ2n) is 7.17. The normalized spacial score (nSPS) is 17.0. The fraction of sp³-hybridized carbons (Fsp3) is 0.364. The van der Waals surface area contributed by atoms with Crippen LogP contribution >= 0.6 is 0 Å². The zero-order valence-corrected chi connectivity index (χ0v) is 14.9. The van der Waals surface area contributed by atoms with Gasteiger partial charge in [-0.15, -0.1) is 0 Å². The van der Waals surface area contributed by atoms with E-state index in [0.29, 0.717) is 6.61 Å². The van der Waals surface area contributed by atoms with E-state index in [-0.39, 0.29) is 18.1 Å². The SMILES string of the molecule is C[C@@H](C=O)N(C(=O)OCC1c2ccccc2-c2ccccc21)C1CCC1. The molecular formula is C22H23NO3. The maximum atomic E-state index is 12.7. The summed E-state index contributed by atoms with van der Waals surface area (Å²) in [5.41, 5.74) is 4.81. The lowest BCUT2D eigenvalue weighted by Crippen LogP contribution is -2.50. The van der Waals surface area contributed by atoms with Gasteiger partial charge in [-0.25, -0.2) is 4.79 Å². The highest BCUT2D eigenvalue weighted by molar-refractivity contribution is 5.79. The highest BCUT2D eigenvalue weighted by atomic mass is 16.6. The standard InChI is InChI=1S/C22H23NO3/c1-15(13-24)23(16-7-6-8-16)22(25)26-14-21-19-11-4-2-9-17(19)18-10-3-5-12-20(18)21/h2-5,9-13,15-16,21H,6-8,14H2,1H3/t15-/m0/s1. The van der Waals surface area contributed by atoms with Crippen LogP contribution in [0.1, 0.15) is 43.2 Å². The molecule has 0 spiro atoms. The van der Waals surface area contributed by atoms with Gasteiger partial charge in [0.1, 0.15) is 12.9 Å². The number of ether oxygens (including phenoxy) is 1. The largest absolute Gasteiger partial charge is 0.448 e. The lowest BCUT2D eigenvalue weighted by molar-refractivity contribution is -0.112. The van der Waals surface area contributed by atoms with Gasteiger partial charge in [0.05, 0.1) is 6.04 Å². The first kappa shape index (κ1) is 16.8. The van der Waals surface area contributed by atoms with Gasteiger partial charge in [-0.3, -0.25) is 4.90 Å². The van der Waals surface area contributed by atoms with E-state index in [1.807, 2.05) is 24.3 Å². The first-order chi connectivity index (χ1) is 12.7. The second-order valence-corrected chi connectivity index (χ2v) is 7.17. The van der Waals surface area contributed by atoms with Gasteiger partial charge in [-0.2, -0.15) is 0 Å².